The first-order chi connectivity index (χ1) is 15.1. The number of carbonyl (C=O) groups excluding carboxylic acids is 3. The molecule has 1 aromatic heterocycles. The van der Waals surface area contributed by atoms with Gasteiger partial charge >= 0.3 is 12.2 Å². The molecule has 0 bridgehead atoms. The minimum Gasteiger partial charge on any atom is -0.444 e. The normalized spacial score (nSPS) is 16.4. The number of hydrogen-bond acceptors (Lipinski definition) is 6. The third-order valence-corrected chi connectivity index (χ3v) is 5.81. The lowest BCUT2D eigenvalue weighted by Crippen LogP contribution is -2.62. The monoisotopic (exact) mass is 479 g/mol. The molecule has 32 heavy (non-hydrogen) atoms. The summed E-state index contributed by atoms with van der Waals surface area (Å²) in [7, 11) is 0. The van der Waals surface area contributed by atoms with Gasteiger partial charge in [-0.05, 0) is 44.4 Å². The Bertz CT molecular complexity index is 961. The molecule has 0 spiro atoms. The van der Waals surface area contributed by atoms with Crippen molar-refractivity contribution in [3.05, 3.63) is 51.7 Å². The Morgan fingerprint density at radius 1 is 1.12 bits per heavy atom. The summed E-state index contributed by atoms with van der Waals surface area (Å²) in [5.41, 5.74) is -0.713. The van der Waals surface area contributed by atoms with Gasteiger partial charge in [-0.2, -0.15) is 0 Å². The average Bonchev–Trinajstić information content (AvgIpc) is 3.25. The third-order valence-electron chi connectivity index (χ3n) is 4.62. The smallest absolute Gasteiger partial charge is 0.415 e. The molecule has 172 valence electrons. The summed E-state index contributed by atoms with van der Waals surface area (Å²) in [5.74, 6) is -0.146. The second-order valence-electron chi connectivity index (χ2n) is 8.23. The van der Waals surface area contributed by atoms with E-state index in [0.717, 1.165) is 4.88 Å². The van der Waals surface area contributed by atoms with Crippen molar-refractivity contribution in [2.24, 2.45) is 0 Å². The van der Waals surface area contributed by atoms with Crippen LogP contribution in [-0.4, -0.2) is 59.2 Å². The largest absolute Gasteiger partial charge is 0.444 e. The zero-order valence-corrected chi connectivity index (χ0v) is 19.7. The standard InChI is InChI=1S/C22H26ClN3O5S/c1-22(2,3)31-21(29)26-11-10-25(20(28)30-18-9-5-4-8-16(18)23)14-17(26)19(27)24-13-15-7-6-12-32-15/h4-9,12,17H,10-11,13-14H2,1-3H3,(H,24,27)/t17-/m0/s1. The Hall–Kier alpha value is -2.78. The van der Waals surface area contributed by atoms with Gasteiger partial charge in [0.05, 0.1) is 18.1 Å². The van der Waals surface area contributed by atoms with Crippen LogP contribution in [0.4, 0.5) is 9.59 Å². The molecule has 1 aliphatic heterocycles. The SMILES string of the molecule is CC(C)(C)OC(=O)N1CCN(C(=O)Oc2ccccc2Cl)C[C@H]1C(=O)NCc1cccs1. The zero-order valence-electron chi connectivity index (χ0n) is 18.2. The third kappa shape index (κ3) is 6.37. The number of benzene rings is 1. The summed E-state index contributed by atoms with van der Waals surface area (Å²) >= 11 is 7.59. The molecule has 0 unspecified atom stereocenters. The van der Waals surface area contributed by atoms with E-state index in [4.69, 9.17) is 21.1 Å². The first-order valence-corrected chi connectivity index (χ1v) is 11.4. The fourth-order valence-corrected chi connectivity index (χ4v) is 3.92. The van der Waals surface area contributed by atoms with Crippen LogP contribution >= 0.6 is 22.9 Å². The number of nitrogens with zero attached hydrogens (tertiary/aromatic N) is 2. The van der Waals surface area contributed by atoms with Gasteiger partial charge in [-0.3, -0.25) is 9.69 Å². The van der Waals surface area contributed by atoms with Crippen molar-refractivity contribution in [1.82, 2.24) is 15.1 Å². The predicted octanol–water partition coefficient (Wildman–Crippen LogP) is 4.14. The highest BCUT2D eigenvalue weighted by Crippen LogP contribution is 2.24. The molecular weight excluding hydrogens is 454 g/mol. The molecule has 0 saturated carbocycles. The number of nitrogens with one attached hydrogen (secondary N) is 1. The second kappa shape index (κ2) is 10.2. The zero-order chi connectivity index (χ0) is 23.3. The lowest BCUT2D eigenvalue weighted by atomic mass is 10.1. The van der Waals surface area contributed by atoms with Gasteiger partial charge < -0.3 is 19.7 Å². The Labute approximate surface area is 196 Å². The quantitative estimate of drug-likeness (QED) is 0.712. The number of ether oxygens (including phenoxy) is 2. The van der Waals surface area contributed by atoms with Gasteiger partial charge in [0.1, 0.15) is 11.6 Å². The molecule has 1 fully saturated rings. The Kier molecular flexibility index (Phi) is 7.63. The van der Waals surface area contributed by atoms with Crippen LogP contribution in [0.1, 0.15) is 25.6 Å². The highest BCUT2D eigenvalue weighted by Gasteiger charge is 2.39. The summed E-state index contributed by atoms with van der Waals surface area (Å²) in [5, 5.41) is 5.07. The molecule has 1 saturated heterocycles. The Balaban J connectivity index is 1.72. The van der Waals surface area contributed by atoms with Gasteiger partial charge in [0.15, 0.2) is 5.75 Å². The van der Waals surface area contributed by atoms with Gasteiger partial charge in [-0.15, -0.1) is 11.3 Å². The summed E-state index contributed by atoms with van der Waals surface area (Å²) in [6.45, 7) is 5.90. The highest BCUT2D eigenvalue weighted by atomic mass is 35.5. The average molecular weight is 480 g/mol. The number of rotatable bonds is 4. The van der Waals surface area contributed by atoms with Crippen LogP contribution in [0.25, 0.3) is 0 Å². The van der Waals surface area contributed by atoms with Gasteiger partial charge in [-0.1, -0.05) is 29.8 Å². The van der Waals surface area contributed by atoms with Crippen LogP contribution in [0.2, 0.25) is 5.02 Å². The number of amides is 3. The first-order valence-electron chi connectivity index (χ1n) is 10.1. The molecule has 0 radical (unpaired) electrons. The van der Waals surface area contributed by atoms with Crippen LogP contribution in [0.3, 0.4) is 0 Å². The van der Waals surface area contributed by atoms with Crippen molar-refractivity contribution in [1.29, 1.82) is 0 Å². The van der Waals surface area contributed by atoms with E-state index >= 15 is 0 Å². The van der Waals surface area contributed by atoms with E-state index in [-0.39, 0.29) is 31.3 Å². The Morgan fingerprint density at radius 3 is 2.53 bits per heavy atom. The predicted molar refractivity (Wildman–Crippen MR) is 122 cm³/mol. The fourth-order valence-electron chi connectivity index (χ4n) is 3.10. The summed E-state index contributed by atoms with van der Waals surface area (Å²) < 4.78 is 10.9. The van der Waals surface area contributed by atoms with Gasteiger partial charge in [0, 0.05) is 18.0 Å². The minimum absolute atomic E-state index is 0.0290. The molecule has 1 aliphatic rings. The van der Waals surface area contributed by atoms with Crippen molar-refractivity contribution < 1.29 is 23.9 Å². The van der Waals surface area contributed by atoms with Crippen molar-refractivity contribution in [2.45, 2.75) is 39.0 Å². The molecule has 2 aromatic rings. The van der Waals surface area contributed by atoms with Crippen LogP contribution in [-0.2, 0) is 16.1 Å². The van der Waals surface area contributed by atoms with E-state index in [1.54, 1.807) is 45.0 Å². The van der Waals surface area contributed by atoms with Gasteiger partial charge in [0.25, 0.3) is 0 Å². The van der Waals surface area contributed by atoms with Crippen molar-refractivity contribution in [3.8, 4) is 5.75 Å². The Morgan fingerprint density at radius 2 is 1.88 bits per heavy atom. The van der Waals surface area contributed by atoms with Crippen LogP contribution in [0.5, 0.6) is 5.75 Å². The molecule has 8 nitrogen and oxygen atoms in total. The number of para-hydroxylation sites is 1. The van der Waals surface area contributed by atoms with Gasteiger partial charge in [0.2, 0.25) is 5.91 Å². The van der Waals surface area contributed by atoms with Crippen molar-refractivity contribution in [2.75, 3.05) is 19.6 Å². The van der Waals surface area contributed by atoms with Crippen LogP contribution < -0.4 is 10.1 Å². The van der Waals surface area contributed by atoms with Crippen LogP contribution in [0.15, 0.2) is 41.8 Å². The molecule has 10 heteroatoms. The van der Waals surface area contributed by atoms with E-state index < -0.39 is 23.8 Å². The van der Waals surface area contributed by atoms with E-state index in [1.165, 1.54) is 21.1 Å². The molecule has 3 amide bonds. The lowest BCUT2D eigenvalue weighted by molar-refractivity contribution is -0.128. The molecule has 1 N–H and O–H groups in total. The second-order valence-corrected chi connectivity index (χ2v) is 9.67. The summed E-state index contributed by atoms with van der Waals surface area (Å²) in [6, 6.07) is 9.52. The molecule has 0 aliphatic carbocycles. The van der Waals surface area contributed by atoms with E-state index in [1.807, 2.05) is 17.5 Å². The fraction of sp³-hybridized carbons (Fsp3) is 0.409. The topological polar surface area (TPSA) is 88.2 Å². The van der Waals surface area contributed by atoms with E-state index in [2.05, 4.69) is 5.32 Å². The maximum atomic E-state index is 13.0. The molecular formula is C22H26ClN3O5S. The first kappa shape index (κ1) is 23.9. The summed E-state index contributed by atoms with van der Waals surface area (Å²) in [4.78, 5) is 42.2. The minimum atomic E-state index is -0.919. The summed E-state index contributed by atoms with van der Waals surface area (Å²) in [6.07, 6.45) is -1.24. The van der Waals surface area contributed by atoms with Gasteiger partial charge in [-0.25, -0.2) is 9.59 Å². The lowest BCUT2D eigenvalue weighted by Gasteiger charge is -2.40. The number of hydrogen-bond donors (Lipinski definition) is 1. The van der Waals surface area contributed by atoms with E-state index in [9.17, 15) is 14.4 Å². The van der Waals surface area contributed by atoms with Crippen LogP contribution in [0, 0.1) is 0 Å². The molecule has 3 rings (SSSR count). The molecule has 1 atom stereocenters. The number of thiophene rings is 1. The maximum absolute atomic E-state index is 13.0. The number of carbonyl (C=O) groups is 3. The molecule has 1 aromatic carbocycles. The van der Waals surface area contributed by atoms with Crippen molar-refractivity contribution >= 4 is 41.0 Å². The number of piperazine rings is 1. The van der Waals surface area contributed by atoms with Crippen molar-refractivity contribution in [3.63, 3.8) is 0 Å². The highest BCUT2D eigenvalue weighted by molar-refractivity contribution is 7.09. The number of halogens is 1. The molecule has 2 heterocycles. The maximum Gasteiger partial charge on any atom is 0.415 e. The van der Waals surface area contributed by atoms with E-state index in [0.29, 0.717) is 11.6 Å².